The monoisotopic (exact) mass is 508 g/mol. The van der Waals surface area contributed by atoms with E-state index in [1.165, 1.54) is 95.5 Å². The smallest absolute Gasteiger partial charge is 0.219 e. The third kappa shape index (κ3) is 12.8. The van der Waals surface area contributed by atoms with Crippen molar-refractivity contribution in [1.82, 2.24) is 0 Å². The first-order valence-electron chi connectivity index (χ1n) is 15.1. The van der Waals surface area contributed by atoms with Crippen LogP contribution in [0, 0.1) is 0 Å². The number of phenolic OH excluding ortho intramolecular Hbond substituents is 1. The van der Waals surface area contributed by atoms with Gasteiger partial charge in [-0.25, -0.2) is 0 Å². The molecule has 1 N–H and O–H groups in total. The Morgan fingerprint density at radius 2 is 1.14 bits per heavy atom. The molecule has 0 aliphatic carbocycles. The van der Waals surface area contributed by atoms with Crippen molar-refractivity contribution in [2.75, 3.05) is 14.1 Å². The molecule has 3 heteroatoms. The molecule has 1 unspecified atom stereocenters. The summed E-state index contributed by atoms with van der Waals surface area (Å²) in [5.74, 6) is 0.389. The molecule has 0 aromatic heterocycles. The summed E-state index contributed by atoms with van der Waals surface area (Å²) >= 11 is 0. The molecule has 0 radical (unpaired) electrons. The van der Waals surface area contributed by atoms with Crippen LogP contribution in [0.15, 0.2) is 54.6 Å². The lowest BCUT2D eigenvalue weighted by atomic mass is 9.95. The van der Waals surface area contributed by atoms with Crippen molar-refractivity contribution < 1.29 is 14.4 Å². The van der Waals surface area contributed by atoms with Crippen LogP contribution in [0.3, 0.4) is 0 Å². The molecular formula is C34H54NO2+. The molecule has 37 heavy (non-hydrogen) atoms. The SMILES string of the molecule is CCCCCCCCCCCCCCCCCC(C(=O)c1ccc(O)cc1)[N+](C)(C)Cc1ccccc1. The van der Waals surface area contributed by atoms with Gasteiger partial charge in [-0.1, -0.05) is 127 Å². The van der Waals surface area contributed by atoms with Crippen LogP contribution in [0.1, 0.15) is 126 Å². The summed E-state index contributed by atoms with van der Waals surface area (Å²) in [5, 5.41) is 9.67. The van der Waals surface area contributed by atoms with Gasteiger partial charge in [0, 0.05) is 17.5 Å². The number of rotatable bonds is 21. The van der Waals surface area contributed by atoms with Crippen LogP contribution in [0.5, 0.6) is 5.75 Å². The summed E-state index contributed by atoms with van der Waals surface area (Å²) in [6, 6.07) is 17.2. The minimum absolute atomic E-state index is 0.0910. The molecule has 0 bridgehead atoms. The van der Waals surface area contributed by atoms with Gasteiger partial charge >= 0.3 is 0 Å². The van der Waals surface area contributed by atoms with E-state index in [1.807, 2.05) is 6.07 Å². The fourth-order valence-corrected chi connectivity index (χ4v) is 5.49. The van der Waals surface area contributed by atoms with E-state index in [1.54, 1.807) is 24.3 Å². The van der Waals surface area contributed by atoms with Gasteiger partial charge in [0.15, 0.2) is 6.04 Å². The summed E-state index contributed by atoms with van der Waals surface area (Å²) in [5.41, 5.74) is 1.95. The zero-order valence-corrected chi connectivity index (χ0v) is 24.1. The molecule has 0 saturated heterocycles. The van der Waals surface area contributed by atoms with Gasteiger partial charge in [-0.3, -0.25) is 4.79 Å². The third-order valence-electron chi connectivity index (χ3n) is 7.81. The van der Waals surface area contributed by atoms with E-state index >= 15 is 0 Å². The van der Waals surface area contributed by atoms with E-state index in [4.69, 9.17) is 0 Å². The summed E-state index contributed by atoms with van der Waals surface area (Å²) < 4.78 is 0.641. The zero-order chi connectivity index (χ0) is 26.8. The van der Waals surface area contributed by atoms with E-state index in [0.29, 0.717) is 10.0 Å². The number of ketones is 1. The molecule has 3 nitrogen and oxygen atoms in total. The Morgan fingerprint density at radius 1 is 0.676 bits per heavy atom. The number of carbonyl (C=O) groups is 1. The van der Waals surface area contributed by atoms with Gasteiger partial charge in [-0.05, 0) is 30.7 Å². The van der Waals surface area contributed by atoms with Crippen molar-refractivity contribution in [3.63, 3.8) is 0 Å². The molecular weight excluding hydrogens is 454 g/mol. The Balaban J connectivity index is 1.71. The van der Waals surface area contributed by atoms with Crippen LogP contribution in [0.4, 0.5) is 0 Å². The molecule has 2 aromatic rings. The van der Waals surface area contributed by atoms with Gasteiger partial charge < -0.3 is 9.59 Å². The van der Waals surface area contributed by atoms with Crippen LogP contribution < -0.4 is 0 Å². The molecule has 0 aliphatic heterocycles. The average molecular weight is 509 g/mol. The fourth-order valence-electron chi connectivity index (χ4n) is 5.49. The third-order valence-corrected chi connectivity index (χ3v) is 7.81. The Labute approximate surface area is 227 Å². The van der Waals surface area contributed by atoms with E-state index in [0.717, 1.165) is 19.4 Å². The van der Waals surface area contributed by atoms with Gasteiger partial charge in [0.2, 0.25) is 5.78 Å². The second-order valence-corrected chi connectivity index (χ2v) is 11.6. The van der Waals surface area contributed by atoms with Crippen LogP contribution in [0.2, 0.25) is 0 Å². The summed E-state index contributed by atoms with van der Waals surface area (Å²) in [4.78, 5) is 13.6. The van der Waals surface area contributed by atoms with Crippen LogP contribution in [-0.2, 0) is 6.54 Å². The number of Topliss-reactive ketones (excluding diaryl/α,β-unsaturated/α-hetero) is 1. The first-order chi connectivity index (χ1) is 17.9. The molecule has 1 atom stereocenters. The lowest BCUT2D eigenvalue weighted by Gasteiger charge is -2.37. The quantitative estimate of drug-likeness (QED) is 0.104. The molecule has 0 saturated carbocycles. The molecule has 2 aromatic carbocycles. The van der Waals surface area contributed by atoms with E-state index < -0.39 is 0 Å². The lowest BCUT2D eigenvalue weighted by molar-refractivity contribution is -0.918. The molecule has 206 valence electrons. The van der Waals surface area contributed by atoms with Gasteiger partial charge in [-0.15, -0.1) is 0 Å². The number of carbonyl (C=O) groups excluding carboxylic acids is 1. The summed E-state index contributed by atoms with van der Waals surface area (Å²) in [6.45, 7) is 3.11. The standard InChI is InChI=1S/C34H53NO2/c1-4-5-6-7-8-9-10-11-12-13-14-15-16-17-21-24-33(34(37)31-25-27-32(36)28-26-31)35(2,3)29-30-22-19-18-20-23-30/h18-20,22-23,25-28,33H,4-17,21,24,29H2,1-3H3/p+1. The second-order valence-electron chi connectivity index (χ2n) is 11.6. The predicted molar refractivity (Wildman–Crippen MR) is 158 cm³/mol. The van der Waals surface area contributed by atoms with Gasteiger partial charge in [-0.2, -0.15) is 0 Å². The highest BCUT2D eigenvalue weighted by Crippen LogP contribution is 2.24. The van der Waals surface area contributed by atoms with Gasteiger partial charge in [0.05, 0.1) is 14.1 Å². The molecule has 0 amide bonds. The van der Waals surface area contributed by atoms with Crippen LogP contribution in [-0.4, -0.2) is 35.5 Å². The topological polar surface area (TPSA) is 37.3 Å². The van der Waals surface area contributed by atoms with Gasteiger partial charge in [0.25, 0.3) is 0 Å². The van der Waals surface area contributed by atoms with Crippen molar-refractivity contribution in [2.24, 2.45) is 0 Å². The number of phenols is 1. The Kier molecular flexibility index (Phi) is 15.3. The maximum Gasteiger partial charge on any atom is 0.219 e. The second kappa shape index (κ2) is 18.2. The molecule has 0 heterocycles. The first kappa shape index (κ1) is 31.1. The number of unbranched alkanes of at least 4 members (excludes halogenated alkanes) is 14. The minimum atomic E-state index is -0.0910. The number of hydrogen-bond acceptors (Lipinski definition) is 2. The van der Waals surface area contributed by atoms with Crippen molar-refractivity contribution in [3.05, 3.63) is 65.7 Å². The largest absolute Gasteiger partial charge is 0.508 e. The number of quaternary nitrogens is 1. The van der Waals surface area contributed by atoms with Crippen molar-refractivity contribution in [2.45, 2.75) is 122 Å². The number of hydrogen-bond donors (Lipinski definition) is 1. The number of likely N-dealkylation sites (N-methyl/N-ethyl adjacent to an activating group) is 1. The van der Waals surface area contributed by atoms with Crippen molar-refractivity contribution >= 4 is 5.78 Å². The van der Waals surface area contributed by atoms with Crippen LogP contribution >= 0.6 is 0 Å². The molecule has 0 fully saturated rings. The lowest BCUT2D eigenvalue weighted by Crippen LogP contribution is -2.52. The number of aromatic hydroxyl groups is 1. The highest BCUT2D eigenvalue weighted by molar-refractivity contribution is 5.99. The maximum absolute atomic E-state index is 13.6. The highest BCUT2D eigenvalue weighted by atomic mass is 16.3. The van der Waals surface area contributed by atoms with E-state index in [-0.39, 0.29) is 17.6 Å². The predicted octanol–water partition coefficient (Wildman–Crippen LogP) is 9.48. The van der Waals surface area contributed by atoms with Crippen molar-refractivity contribution in [1.29, 1.82) is 0 Å². The molecule has 0 aliphatic rings. The minimum Gasteiger partial charge on any atom is -0.508 e. The Morgan fingerprint density at radius 3 is 1.62 bits per heavy atom. The summed E-state index contributed by atoms with van der Waals surface area (Å²) in [7, 11) is 4.36. The highest BCUT2D eigenvalue weighted by Gasteiger charge is 2.35. The molecule has 2 rings (SSSR count). The van der Waals surface area contributed by atoms with E-state index in [9.17, 15) is 9.90 Å². The fraction of sp³-hybridized carbons (Fsp3) is 0.618. The normalized spacial score (nSPS) is 12.5. The zero-order valence-electron chi connectivity index (χ0n) is 24.1. The number of benzene rings is 2. The van der Waals surface area contributed by atoms with Gasteiger partial charge in [0.1, 0.15) is 12.3 Å². The summed E-state index contributed by atoms with van der Waals surface area (Å²) in [6.07, 6.45) is 21.1. The number of nitrogens with zero attached hydrogens (tertiary/aromatic N) is 1. The van der Waals surface area contributed by atoms with Crippen LogP contribution in [0.25, 0.3) is 0 Å². The molecule has 0 spiro atoms. The first-order valence-corrected chi connectivity index (χ1v) is 15.1. The van der Waals surface area contributed by atoms with Crippen molar-refractivity contribution in [3.8, 4) is 5.75 Å². The maximum atomic E-state index is 13.6. The van der Waals surface area contributed by atoms with E-state index in [2.05, 4.69) is 45.3 Å². The Bertz CT molecular complexity index is 844. The average Bonchev–Trinajstić information content (AvgIpc) is 2.89. The Hall–Kier alpha value is -2.13.